The molecule has 0 bridgehead atoms. The summed E-state index contributed by atoms with van der Waals surface area (Å²) in [6, 6.07) is 10.0. The summed E-state index contributed by atoms with van der Waals surface area (Å²) in [5.41, 5.74) is 1.09. The summed E-state index contributed by atoms with van der Waals surface area (Å²) in [7, 11) is 3.31. The average molecular weight is 408 g/mol. The van der Waals surface area contributed by atoms with Crippen LogP contribution in [0.4, 0.5) is 0 Å². The summed E-state index contributed by atoms with van der Waals surface area (Å²) < 4.78 is 42.0. The van der Waals surface area contributed by atoms with Gasteiger partial charge in [-0.05, 0) is 26.3 Å². The molecule has 0 N–H and O–H groups in total. The second-order valence-corrected chi connectivity index (χ2v) is 8.08. The Balaban J connectivity index is 1.47. The minimum absolute atomic E-state index is 0.0361. The van der Waals surface area contributed by atoms with E-state index in [2.05, 4.69) is 0 Å². The van der Waals surface area contributed by atoms with Crippen molar-refractivity contribution in [1.29, 1.82) is 0 Å². The number of epoxide rings is 1. The van der Waals surface area contributed by atoms with Crippen LogP contribution in [0.1, 0.15) is 26.3 Å². The molecule has 4 rings (SSSR count). The molecule has 10 atom stereocenters. The Morgan fingerprint density at radius 2 is 1.41 bits per heavy atom. The van der Waals surface area contributed by atoms with E-state index < -0.39 is 12.4 Å². The van der Waals surface area contributed by atoms with Gasteiger partial charge in [0.1, 0.15) is 36.6 Å². The highest BCUT2D eigenvalue weighted by Crippen LogP contribution is 2.40. The lowest BCUT2D eigenvalue weighted by molar-refractivity contribution is -0.328. The summed E-state index contributed by atoms with van der Waals surface area (Å²) in [6.07, 6.45) is -1.95. The Morgan fingerprint density at radius 3 is 2.10 bits per heavy atom. The van der Waals surface area contributed by atoms with E-state index in [1.807, 2.05) is 51.1 Å². The van der Waals surface area contributed by atoms with E-state index in [-0.39, 0.29) is 48.8 Å². The van der Waals surface area contributed by atoms with Crippen LogP contribution in [0.2, 0.25) is 0 Å². The molecule has 1 aromatic rings. The number of fused-ring (bicyclic) bond motifs is 1. The molecule has 1 aromatic carbocycles. The quantitative estimate of drug-likeness (QED) is 0.642. The summed E-state index contributed by atoms with van der Waals surface area (Å²) in [6.45, 7) is 6.47. The van der Waals surface area contributed by atoms with Gasteiger partial charge in [0.25, 0.3) is 0 Å². The predicted octanol–water partition coefficient (Wildman–Crippen LogP) is 2.31. The predicted molar refractivity (Wildman–Crippen MR) is 104 cm³/mol. The second kappa shape index (κ2) is 8.98. The van der Waals surface area contributed by atoms with Crippen LogP contribution in [0.3, 0.4) is 0 Å². The Morgan fingerprint density at radius 1 is 0.724 bits per heavy atom. The molecule has 0 amide bonds. The lowest BCUT2D eigenvalue weighted by Crippen LogP contribution is -2.61. The lowest BCUT2D eigenvalue weighted by Gasteiger charge is -2.45. The number of hydrogen-bond acceptors (Lipinski definition) is 7. The second-order valence-electron chi connectivity index (χ2n) is 8.08. The Labute approximate surface area is 172 Å². The summed E-state index contributed by atoms with van der Waals surface area (Å²) in [4.78, 5) is 0. The third kappa shape index (κ3) is 4.37. The molecule has 3 heterocycles. The van der Waals surface area contributed by atoms with Crippen molar-refractivity contribution in [2.45, 2.75) is 88.6 Å². The monoisotopic (exact) mass is 408 g/mol. The van der Waals surface area contributed by atoms with Gasteiger partial charge in [-0.1, -0.05) is 30.3 Å². The van der Waals surface area contributed by atoms with Gasteiger partial charge >= 0.3 is 0 Å². The van der Waals surface area contributed by atoms with Crippen LogP contribution in [0.5, 0.6) is 0 Å². The van der Waals surface area contributed by atoms with Crippen molar-refractivity contribution in [3.05, 3.63) is 35.9 Å². The summed E-state index contributed by atoms with van der Waals surface area (Å²) in [5, 5.41) is 0. The Kier molecular flexibility index (Phi) is 6.56. The van der Waals surface area contributed by atoms with Crippen LogP contribution in [-0.4, -0.2) is 75.4 Å². The zero-order valence-electron chi connectivity index (χ0n) is 17.7. The Bertz CT molecular complexity index is 654. The minimum atomic E-state index is -0.600. The zero-order valence-corrected chi connectivity index (χ0v) is 17.7. The minimum Gasteiger partial charge on any atom is -0.376 e. The van der Waals surface area contributed by atoms with Crippen molar-refractivity contribution in [2.75, 3.05) is 14.2 Å². The highest BCUT2D eigenvalue weighted by Gasteiger charge is 2.58. The van der Waals surface area contributed by atoms with E-state index in [4.69, 9.17) is 33.2 Å². The van der Waals surface area contributed by atoms with Gasteiger partial charge in [0.05, 0.1) is 24.9 Å². The van der Waals surface area contributed by atoms with Gasteiger partial charge in [0.15, 0.2) is 6.29 Å². The summed E-state index contributed by atoms with van der Waals surface area (Å²) >= 11 is 0. The molecule has 3 fully saturated rings. The molecular formula is C22H32O7. The first kappa shape index (κ1) is 21.2. The van der Waals surface area contributed by atoms with E-state index in [0.717, 1.165) is 5.56 Å². The molecule has 3 saturated heterocycles. The average Bonchev–Trinajstić information content (AvgIpc) is 3.51. The van der Waals surface area contributed by atoms with Gasteiger partial charge in [0, 0.05) is 14.2 Å². The molecule has 0 saturated carbocycles. The standard InChI is InChI=1S/C22H32O7/c1-12-16(23-4)19(25-11-15-9-7-6-8-10-15)21(24-5)22(27-12)29-18-14(3)26-13(2)17-20(18)28-17/h6-10,12-14,16-22H,11H2,1-5H3/t12-,13-,14-,16-,17+,18-,19+,20+,21-,22+/m1/s1. The largest absolute Gasteiger partial charge is 0.376 e. The van der Waals surface area contributed by atoms with Gasteiger partial charge in [0.2, 0.25) is 0 Å². The normalized spacial score (nSPS) is 44.3. The van der Waals surface area contributed by atoms with Gasteiger partial charge in [-0.15, -0.1) is 0 Å². The van der Waals surface area contributed by atoms with Crippen molar-refractivity contribution in [1.82, 2.24) is 0 Å². The first-order valence-electron chi connectivity index (χ1n) is 10.4. The number of hydrogen-bond donors (Lipinski definition) is 0. The lowest BCUT2D eigenvalue weighted by atomic mass is 9.98. The number of ether oxygens (including phenoxy) is 7. The van der Waals surface area contributed by atoms with Gasteiger partial charge in [-0.25, -0.2) is 0 Å². The maximum Gasteiger partial charge on any atom is 0.187 e. The highest BCUT2D eigenvalue weighted by molar-refractivity contribution is 5.13. The fourth-order valence-corrected chi connectivity index (χ4v) is 4.49. The van der Waals surface area contributed by atoms with Crippen molar-refractivity contribution < 1.29 is 33.2 Å². The fourth-order valence-electron chi connectivity index (χ4n) is 4.49. The smallest absolute Gasteiger partial charge is 0.187 e. The molecule has 3 aliphatic heterocycles. The van der Waals surface area contributed by atoms with Crippen molar-refractivity contribution in [3.63, 3.8) is 0 Å². The molecule has 0 unspecified atom stereocenters. The molecule has 162 valence electrons. The van der Waals surface area contributed by atoms with Crippen LogP contribution in [-0.2, 0) is 39.8 Å². The molecule has 0 radical (unpaired) electrons. The van der Waals surface area contributed by atoms with E-state index in [1.54, 1.807) is 14.2 Å². The first-order valence-corrected chi connectivity index (χ1v) is 10.4. The molecule has 29 heavy (non-hydrogen) atoms. The summed E-state index contributed by atoms with van der Waals surface area (Å²) in [5.74, 6) is 0. The fraction of sp³-hybridized carbons (Fsp3) is 0.727. The van der Waals surface area contributed by atoms with E-state index in [0.29, 0.717) is 6.61 Å². The molecule has 3 aliphatic rings. The van der Waals surface area contributed by atoms with Crippen molar-refractivity contribution >= 4 is 0 Å². The zero-order chi connectivity index (χ0) is 20.5. The van der Waals surface area contributed by atoms with Crippen LogP contribution in [0.25, 0.3) is 0 Å². The maximum atomic E-state index is 6.36. The van der Waals surface area contributed by atoms with Crippen LogP contribution >= 0.6 is 0 Å². The van der Waals surface area contributed by atoms with E-state index in [1.165, 1.54) is 0 Å². The number of rotatable bonds is 7. The molecule has 7 nitrogen and oxygen atoms in total. The van der Waals surface area contributed by atoms with E-state index >= 15 is 0 Å². The van der Waals surface area contributed by atoms with E-state index in [9.17, 15) is 0 Å². The maximum absolute atomic E-state index is 6.36. The number of methoxy groups -OCH3 is 2. The van der Waals surface area contributed by atoms with Crippen LogP contribution in [0.15, 0.2) is 30.3 Å². The van der Waals surface area contributed by atoms with Crippen LogP contribution in [0, 0.1) is 0 Å². The third-order valence-corrected chi connectivity index (χ3v) is 6.09. The van der Waals surface area contributed by atoms with Gasteiger partial charge < -0.3 is 33.2 Å². The molecule has 7 heteroatoms. The number of benzene rings is 1. The Hall–Kier alpha value is -1.06. The third-order valence-electron chi connectivity index (χ3n) is 6.09. The van der Waals surface area contributed by atoms with Crippen molar-refractivity contribution in [2.24, 2.45) is 0 Å². The van der Waals surface area contributed by atoms with Gasteiger partial charge in [-0.3, -0.25) is 0 Å². The molecule has 0 spiro atoms. The SMILES string of the molecule is CO[C@H]1[C@H](O[C@H]2[C@H]3O[C@H]3[C@@H](C)O[C@@H]2C)O[C@H](C)[C@@H](OC)[C@@H]1OCc1ccccc1. The van der Waals surface area contributed by atoms with Crippen molar-refractivity contribution in [3.8, 4) is 0 Å². The van der Waals surface area contributed by atoms with Crippen LogP contribution < -0.4 is 0 Å². The van der Waals surface area contributed by atoms with Gasteiger partial charge in [-0.2, -0.15) is 0 Å². The molecule has 0 aromatic heterocycles. The molecule has 0 aliphatic carbocycles. The molecular weight excluding hydrogens is 376 g/mol. The first-order chi connectivity index (χ1) is 14.0. The topological polar surface area (TPSA) is 67.9 Å². The highest BCUT2D eigenvalue weighted by atomic mass is 16.7.